The lowest BCUT2D eigenvalue weighted by Gasteiger charge is -2.13. The largest absolute Gasteiger partial charge is 0.337 e. The van der Waals surface area contributed by atoms with E-state index in [1.165, 1.54) is 9.44 Å². The second kappa shape index (κ2) is 7.17. The number of halogens is 2. The van der Waals surface area contributed by atoms with E-state index in [1.807, 2.05) is 18.2 Å². The van der Waals surface area contributed by atoms with Crippen LogP contribution in [0.15, 0.2) is 58.1 Å². The molecule has 0 N–H and O–H groups in total. The van der Waals surface area contributed by atoms with Crippen LogP contribution in [0.3, 0.4) is 0 Å². The van der Waals surface area contributed by atoms with Crippen molar-refractivity contribution in [1.82, 2.24) is 9.13 Å². The fourth-order valence-corrected chi connectivity index (χ4v) is 5.69. The molecule has 4 aromatic rings. The Balaban J connectivity index is 1.82. The minimum absolute atomic E-state index is 0.255. The first-order chi connectivity index (χ1) is 14.0. The molecule has 0 unspecified atom stereocenters. The van der Waals surface area contributed by atoms with Crippen molar-refractivity contribution in [2.45, 2.75) is 25.8 Å². The van der Waals surface area contributed by atoms with Gasteiger partial charge in [-0.05, 0) is 66.8 Å². The number of hydrogen-bond acceptors (Lipinski definition) is 3. The molecule has 0 amide bonds. The zero-order chi connectivity index (χ0) is 20.1. The summed E-state index contributed by atoms with van der Waals surface area (Å²) in [5, 5.41) is 1.84. The molecule has 0 saturated heterocycles. The van der Waals surface area contributed by atoms with Crippen molar-refractivity contribution in [2.24, 2.45) is 0 Å². The first kappa shape index (κ1) is 18.7. The first-order valence-electron chi connectivity index (χ1n) is 9.33. The van der Waals surface area contributed by atoms with Gasteiger partial charge in [0, 0.05) is 14.9 Å². The molecule has 0 aliphatic heterocycles. The van der Waals surface area contributed by atoms with Gasteiger partial charge in [0.15, 0.2) is 0 Å². The van der Waals surface area contributed by atoms with E-state index in [2.05, 4.69) is 0 Å². The quantitative estimate of drug-likeness (QED) is 0.445. The van der Waals surface area contributed by atoms with Crippen LogP contribution in [-0.4, -0.2) is 9.13 Å². The van der Waals surface area contributed by atoms with Crippen molar-refractivity contribution in [1.29, 1.82) is 0 Å². The molecule has 2 heterocycles. The molecular weight excluding hydrogens is 427 g/mol. The number of thiophene rings is 1. The first-order valence-corrected chi connectivity index (χ1v) is 10.9. The average Bonchev–Trinajstić information content (AvgIpc) is 3.28. The standard InChI is InChI=1S/C22H16Cl2N2O2S/c23-14-7-9-16(10-8-14)26-20(27)19-17-5-2-6-18(17)29-21(19)25(22(26)28)12-13-3-1-4-15(24)11-13/h1,3-4,7-11H,2,5-6,12H2. The summed E-state index contributed by atoms with van der Waals surface area (Å²) in [4.78, 5) is 28.8. The Morgan fingerprint density at radius 3 is 2.52 bits per heavy atom. The third-order valence-electron chi connectivity index (χ3n) is 5.30. The van der Waals surface area contributed by atoms with E-state index >= 15 is 0 Å². The van der Waals surface area contributed by atoms with Crippen LogP contribution in [0.2, 0.25) is 10.0 Å². The van der Waals surface area contributed by atoms with Crippen molar-refractivity contribution in [3.8, 4) is 5.69 Å². The van der Waals surface area contributed by atoms with Crippen LogP contribution in [0.25, 0.3) is 15.9 Å². The van der Waals surface area contributed by atoms with Gasteiger partial charge in [-0.2, -0.15) is 0 Å². The maximum absolute atomic E-state index is 13.5. The molecule has 0 bridgehead atoms. The van der Waals surface area contributed by atoms with Gasteiger partial charge in [-0.3, -0.25) is 9.36 Å². The SMILES string of the molecule is O=c1c2c3c(sc2n(Cc2cccc(Cl)c2)c(=O)n1-c1ccc(Cl)cc1)CCC3. The molecule has 1 aliphatic rings. The van der Waals surface area contributed by atoms with Crippen molar-refractivity contribution in [2.75, 3.05) is 0 Å². The maximum atomic E-state index is 13.5. The number of nitrogens with zero attached hydrogens (tertiary/aromatic N) is 2. The molecule has 2 aromatic heterocycles. The molecular formula is C22H16Cl2N2O2S. The normalized spacial score (nSPS) is 13.2. The Kier molecular flexibility index (Phi) is 4.62. The van der Waals surface area contributed by atoms with E-state index in [0.717, 1.165) is 35.2 Å². The molecule has 0 fully saturated rings. The fourth-order valence-electron chi connectivity index (χ4n) is 3.98. The van der Waals surface area contributed by atoms with Crippen molar-refractivity contribution >= 4 is 44.8 Å². The lowest BCUT2D eigenvalue weighted by Crippen LogP contribution is -2.39. The highest BCUT2D eigenvalue weighted by Crippen LogP contribution is 2.35. The number of aromatic nitrogens is 2. The van der Waals surface area contributed by atoms with Gasteiger partial charge in [-0.25, -0.2) is 9.36 Å². The van der Waals surface area contributed by atoms with Crippen LogP contribution < -0.4 is 11.2 Å². The van der Waals surface area contributed by atoms with E-state index in [-0.39, 0.29) is 11.2 Å². The monoisotopic (exact) mass is 442 g/mol. The maximum Gasteiger partial charge on any atom is 0.337 e. The lowest BCUT2D eigenvalue weighted by molar-refractivity contribution is 0.718. The summed E-state index contributed by atoms with van der Waals surface area (Å²) < 4.78 is 2.95. The summed E-state index contributed by atoms with van der Waals surface area (Å²) in [6.45, 7) is 0.350. The van der Waals surface area contributed by atoms with Crippen LogP contribution in [0, 0.1) is 0 Å². The van der Waals surface area contributed by atoms with E-state index in [4.69, 9.17) is 23.2 Å². The number of benzene rings is 2. The topological polar surface area (TPSA) is 44.0 Å². The van der Waals surface area contributed by atoms with Crippen LogP contribution >= 0.6 is 34.5 Å². The summed E-state index contributed by atoms with van der Waals surface area (Å²) in [7, 11) is 0. The second-order valence-electron chi connectivity index (χ2n) is 7.15. The Bertz CT molecular complexity index is 1370. The van der Waals surface area contributed by atoms with Gasteiger partial charge in [0.1, 0.15) is 4.83 Å². The number of fused-ring (bicyclic) bond motifs is 3. The second-order valence-corrected chi connectivity index (χ2v) is 9.11. The van der Waals surface area contributed by atoms with E-state index in [0.29, 0.717) is 27.7 Å². The minimum atomic E-state index is -0.357. The smallest absolute Gasteiger partial charge is 0.279 e. The Hall–Kier alpha value is -2.34. The molecule has 146 valence electrons. The number of rotatable bonds is 3. The molecule has 0 atom stereocenters. The Morgan fingerprint density at radius 2 is 1.76 bits per heavy atom. The van der Waals surface area contributed by atoms with Crippen LogP contribution in [0.1, 0.15) is 22.4 Å². The summed E-state index contributed by atoms with van der Waals surface area (Å²) >= 11 is 13.7. The van der Waals surface area contributed by atoms with E-state index in [9.17, 15) is 9.59 Å². The van der Waals surface area contributed by atoms with Crippen molar-refractivity contribution in [3.63, 3.8) is 0 Å². The van der Waals surface area contributed by atoms with Crippen LogP contribution in [0.5, 0.6) is 0 Å². The predicted molar refractivity (Wildman–Crippen MR) is 119 cm³/mol. The van der Waals surface area contributed by atoms with E-state index < -0.39 is 0 Å². The average molecular weight is 443 g/mol. The van der Waals surface area contributed by atoms with Gasteiger partial charge < -0.3 is 0 Å². The molecule has 29 heavy (non-hydrogen) atoms. The third kappa shape index (κ3) is 3.14. The zero-order valence-corrected chi connectivity index (χ0v) is 17.7. The Morgan fingerprint density at radius 1 is 0.966 bits per heavy atom. The Labute approximate surface area is 180 Å². The van der Waals surface area contributed by atoms with Gasteiger partial charge in [0.25, 0.3) is 5.56 Å². The molecule has 0 saturated carbocycles. The number of hydrogen-bond donors (Lipinski definition) is 0. The molecule has 0 spiro atoms. The van der Waals surface area contributed by atoms with Gasteiger partial charge in [-0.15, -0.1) is 11.3 Å². The third-order valence-corrected chi connectivity index (χ3v) is 7.10. The van der Waals surface area contributed by atoms with Gasteiger partial charge in [0.2, 0.25) is 0 Å². The van der Waals surface area contributed by atoms with Gasteiger partial charge in [0.05, 0.1) is 17.6 Å². The molecule has 0 radical (unpaired) electrons. The summed E-state index contributed by atoms with van der Waals surface area (Å²) in [5.41, 5.74) is 1.91. The summed E-state index contributed by atoms with van der Waals surface area (Å²) in [6, 6.07) is 14.2. The predicted octanol–water partition coefficient (Wildman–Crippen LogP) is 5.06. The van der Waals surface area contributed by atoms with E-state index in [1.54, 1.807) is 46.2 Å². The lowest BCUT2D eigenvalue weighted by atomic mass is 10.2. The van der Waals surface area contributed by atoms with Crippen molar-refractivity contribution in [3.05, 3.63) is 95.4 Å². The zero-order valence-electron chi connectivity index (χ0n) is 15.3. The van der Waals surface area contributed by atoms with Crippen LogP contribution in [-0.2, 0) is 19.4 Å². The van der Waals surface area contributed by atoms with Crippen molar-refractivity contribution < 1.29 is 0 Å². The molecule has 4 nitrogen and oxygen atoms in total. The number of aryl methyl sites for hydroxylation is 2. The minimum Gasteiger partial charge on any atom is -0.279 e. The van der Waals surface area contributed by atoms with Crippen LogP contribution in [0.4, 0.5) is 0 Å². The van der Waals surface area contributed by atoms with Gasteiger partial charge >= 0.3 is 5.69 Å². The molecule has 1 aliphatic carbocycles. The highest BCUT2D eigenvalue weighted by molar-refractivity contribution is 7.18. The molecule has 7 heteroatoms. The molecule has 2 aromatic carbocycles. The molecule has 5 rings (SSSR count). The summed E-state index contributed by atoms with van der Waals surface area (Å²) in [5.74, 6) is 0. The highest BCUT2D eigenvalue weighted by atomic mass is 35.5. The highest BCUT2D eigenvalue weighted by Gasteiger charge is 2.25. The fraction of sp³-hybridized carbons (Fsp3) is 0.182. The summed E-state index contributed by atoms with van der Waals surface area (Å²) in [6.07, 6.45) is 2.88. The van der Waals surface area contributed by atoms with Gasteiger partial charge in [-0.1, -0.05) is 35.3 Å².